The van der Waals surface area contributed by atoms with E-state index in [1.807, 2.05) is 42.5 Å². The number of para-hydroxylation sites is 2. The van der Waals surface area contributed by atoms with Gasteiger partial charge in [-0.3, -0.25) is 9.69 Å². The number of imidazole rings is 1. The van der Waals surface area contributed by atoms with Crippen LogP contribution in [0, 0.1) is 5.92 Å². The summed E-state index contributed by atoms with van der Waals surface area (Å²) >= 11 is 0. The van der Waals surface area contributed by atoms with Gasteiger partial charge in [0.2, 0.25) is 5.91 Å². The van der Waals surface area contributed by atoms with E-state index in [1.54, 1.807) is 0 Å². The Balaban J connectivity index is 1.25. The number of rotatable bonds is 6. The van der Waals surface area contributed by atoms with Crippen molar-refractivity contribution < 1.29 is 4.79 Å². The molecule has 1 amide bonds. The molecule has 1 saturated heterocycles. The largest absolute Gasteiger partial charge is 0.355 e. The monoisotopic (exact) mass is 348 g/mol. The van der Waals surface area contributed by atoms with E-state index in [9.17, 15) is 4.79 Å². The fraction of sp³-hybridized carbons (Fsp3) is 0.333. The molecule has 1 atom stereocenters. The number of nitrogens with one attached hydrogen (secondary N) is 2. The lowest BCUT2D eigenvalue weighted by atomic mass is 10.1. The second-order valence-electron chi connectivity index (χ2n) is 6.95. The fourth-order valence-electron chi connectivity index (χ4n) is 3.60. The second-order valence-corrected chi connectivity index (χ2v) is 6.95. The summed E-state index contributed by atoms with van der Waals surface area (Å²) in [6, 6.07) is 18.3. The molecule has 5 nitrogen and oxygen atoms in total. The van der Waals surface area contributed by atoms with Crippen molar-refractivity contribution in [3.8, 4) is 0 Å². The van der Waals surface area contributed by atoms with E-state index >= 15 is 0 Å². The van der Waals surface area contributed by atoms with Gasteiger partial charge >= 0.3 is 0 Å². The van der Waals surface area contributed by atoms with Crippen molar-refractivity contribution in [3.05, 3.63) is 66.0 Å². The van der Waals surface area contributed by atoms with E-state index < -0.39 is 0 Å². The third kappa shape index (κ3) is 3.94. The molecule has 0 bridgehead atoms. The lowest BCUT2D eigenvalue weighted by Crippen LogP contribution is -2.34. The van der Waals surface area contributed by atoms with E-state index in [0.717, 1.165) is 49.3 Å². The predicted molar refractivity (Wildman–Crippen MR) is 103 cm³/mol. The highest BCUT2D eigenvalue weighted by Crippen LogP contribution is 2.19. The second kappa shape index (κ2) is 7.70. The zero-order chi connectivity index (χ0) is 17.8. The Morgan fingerprint density at radius 2 is 1.96 bits per heavy atom. The lowest BCUT2D eigenvalue weighted by molar-refractivity contribution is -0.124. The summed E-state index contributed by atoms with van der Waals surface area (Å²) in [6.45, 7) is 3.20. The molecule has 0 aliphatic carbocycles. The minimum Gasteiger partial charge on any atom is -0.355 e. The van der Waals surface area contributed by atoms with Crippen LogP contribution in [0.2, 0.25) is 0 Å². The maximum absolute atomic E-state index is 12.4. The average molecular weight is 348 g/mol. The zero-order valence-electron chi connectivity index (χ0n) is 14.8. The third-order valence-electron chi connectivity index (χ3n) is 5.01. The Morgan fingerprint density at radius 1 is 1.15 bits per heavy atom. The van der Waals surface area contributed by atoms with Crippen LogP contribution >= 0.6 is 0 Å². The topological polar surface area (TPSA) is 61.0 Å². The number of amides is 1. The van der Waals surface area contributed by atoms with Gasteiger partial charge < -0.3 is 10.3 Å². The van der Waals surface area contributed by atoms with Crippen molar-refractivity contribution in [1.82, 2.24) is 20.2 Å². The zero-order valence-corrected chi connectivity index (χ0v) is 14.8. The van der Waals surface area contributed by atoms with Crippen LogP contribution in [0.4, 0.5) is 0 Å². The lowest BCUT2D eigenvalue weighted by Gasteiger charge is -2.14. The molecule has 1 aliphatic heterocycles. The number of aromatic amines is 1. The molecular formula is C21H24N4O. The molecule has 0 saturated carbocycles. The number of carbonyl (C=O) groups excluding carboxylic acids is 1. The quantitative estimate of drug-likeness (QED) is 0.720. The average Bonchev–Trinajstić information content (AvgIpc) is 3.29. The van der Waals surface area contributed by atoms with Gasteiger partial charge in [0, 0.05) is 13.1 Å². The van der Waals surface area contributed by atoms with Crippen LogP contribution in [0.1, 0.15) is 17.8 Å². The molecule has 134 valence electrons. The summed E-state index contributed by atoms with van der Waals surface area (Å²) in [4.78, 5) is 22.7. The predicted octanol–water partition coefficient (Wildman–Crippen LogP) is 2.74. The van der Waals surface area contributed by atoms with Crippen LogP contribution in [0.3, 0.4) is 0 Å². The van der Waals surface area contributed by atoms with Crippen LogP contribution in [0.15, 0.2) is 54.6 Å². The molecule has 2 aromatic carbocycles. The van der Waals surface area contributed by atoms with Gasteiger partial charge in [0.15, 0.2) is 0 Å². The first kappa shape index (κ1) is 16.8. The van der Waals surface area contributed by atoms with Crippen LogP contribution in [0.5, 0.6) is 0 Å². The Morgan fingerprint density at radius 3 is 2.81 bits per heavy atom. The molecule has 26 heavy (non-hydrogen) atoms. The highest BCUT2D eigenvalue weighted by atomic mass is 16.1. The number of nitrogens with zero attached hydrogens (tertiary/aromatic N) is 2. The van der Waals surface area contributed by atoms with Crippen molar-refractivity contribution in [2.24, 2.45) is 5.92 Å². The molecule has 5 heteroatoms. The molecular weight excluding hydrogens is 324 g/mol. The van der Waals surface area contributed by atoms with E-state index in [0.29, 0.717) is 6.54 Å². The number of fused-ring (bicyclic) bond motifs is 1. The van der Waals surface area contributed by atoms with Crippen LogP contribution in [0.25, 0.3) is 11.0 Å². The summed E-state index contributed by atoms with van der Waals surface area (Å²) < 4.78 is 0. The normalized spacial score (nSPS) is 17.6. The highest BCUT2D eigenvalue weighted by molar-refractivity contribution is 5.79. The number of carbonyl (C=O) groups is 1. The highest BCUT2D eigenvalue weighted by Gasteiger charge is 2.28. The van der Waals surface area contributed by atoms with Gasteiger partial charge in [-0.25, -0.2) is 4.98 Å². The number of hydrogen-bond acceptors (Lipinski definition) is 3. The first-order valence-corrected chi connectivity index (χ1v) is 9.25. The first-order valence-electron chi connectivity index (χ1n) is 9.25. The number of benzene rings is 2. The molecule has 3 aromatic rings. The summed E-state index contributed by atoms with van der Waals surface area (Å²) in [7, 11) is 0. The Kier molecular flexibility index (Phi) is 4.97. The first-order chi connectivity index (χ1) is 12.8. The van der Waals surface area contributed by atoms with Crippen molar-refractivity contribution in [3.63, 3.8) is 0 Å². The number of likely N-dealkylation sites (tertiary alicyclic amines) is 1. The number of aromatic nitrogens is 2. The minimum atomic E-state index is 0.0788. The Labute approximate surface area is 153 Å². The summed E-state index contributed by atoms with van der Waals surface area (Å²) in [5.41, 5.74) is 3.32. The van der Waals surface area contributed by atoms with E-state index in [-0.39, 0.29) is 11.8 Å². The van der Waals surface area contributed by atoms with Crippen molar-refractivity contribution >= 4 is 16.9 Å². The van der Waals surface area contributed by atoms with E-state index in [1.165, 1.54) is 5.56 Å². The molecule has 1 aromatic heterocycles. The smallest absolute Gasteiger partial charge is 0.224 e. The van der Waals surface area contributed by atoms with Crippen LogP contribution in [-0.4, -0.2) is 40.4 Å². The molecule has 2 N–H and O–H groups in total. The molecule has 1 fully saturated rings. The number of H-pyrrole nitrogens is 1. The molecule has 0 spiro atoms. The maximum atomic E-state index is 12.4. The van der Waals surface area contributed by atoms with Gasteiger partial charge in [-0.2, -0.15) is 0 Å². The standard InChI is InChI=1S/C21H24N4O/c26-21(22-12-10-16-6-2-1-3-7-16)17-11-13-25(14-17)15-20-23-18-8-4-5-9-19(18)24-20/h1-9,17H,10-15H2,(H,22,26)(H,23,24)/t17-/m0/s1. The van der Waals surface area contributed by atoms with E-state index in [2.05, 4.69) is 32.3 Å². The summed E-state index contributed by atoms with van der Waals surface area (Å²) in [6.07, 6.45) is 1.79. The molecule has 0 radical (unpaired) electrons. The maximum Gasteiger partial charge on any atom is 0.224 e. The number of hydrogen-bond donors (Lipinski definition) is 2. The third-order valence-corrected chi connectivity index (χ3v) is 5.01. The van der Waals surface area contributed by atoms with Gasteiger partial charge in [0.1, 0.15) is 5.82 Å². The molecule has 2 heterocycles. The Bertz CT molecular complexity index is 841. The fourth-order valence-corrected chi connectivity index (χ4v) is 3.60. The van der Waals surface area contributed by atoms with Crippen LogP contribution < -0.4 is 5.32 Å². The van der Waals surface area contributed by atoms with E-state index in [4.69, 9.17) is 0 Å². The van der Waals surface area contributed by atoms with Crippen molar-refractivity contribution in [2.75, 3.05) is 19.6 Å². The van der Waals surface area contributed by atoms with Gasteiger partial charge in [0.25, 0.3) is 0 Å². The summed E-state index contributed by atoms with van der Waals surface area (Å²) in [5, 5.41) is 3.09. The van der Waals surface area contributed by atoms with Crippen LogP contribution in [-0.2, 0) is 17.8 Å². The van der Waals surface area contributed by atoms with Gasteiger partial charge in [-0.1, -0.05) is 42.5 Å². The van der Waals surface area contributed by atoms with Gasteiger partial charge in [-0.15, -0.1) is 0 Å². The van der Waals surface area contributed by atoms with Gasteiger partial charge in [-0.05, 0) is 37.1 Å². The Hall–Kier alpha value is -2.66. The molecule has 4 rings (SSSR count). The minimum absolute atomic E-state index is 0.0788. The van der Waals surface area contributed by atoms with Gasteiger partial charge in [0.05, 0.1) is 23.5 Å². The SMILES string of the molecule is O=C(NCCc1ccccc1)[C@H]1CCN(Cc2nc3ccccc3[nH]2)C1. The molecule has 0 unspecified atom stereocenters. The van der Waals surface area contributed by atoms with Crippen molar-refractivity contribution in [2.45, 2.75) is 19.4 Å². The summed E-state index contributed by atoms with van der Waals surface area (Å²) in [5.74, 6) is 1.22. The van der Waals surface area contributed by atoms with Crippen molar-refractivity contribution in [1.29, 1.82) is 0 Å². The molecule has 1 aliphatic rings.